The van der Waals surface area contributed by atoms with E-state index in [2.05, 4.69) is 15.4 Å². The molecule has 2 aromatic rings. The summed E-state index contributed by atoms with van der Waals surface area (Å²) in [7, 11) is 0. The lowest BCUT2D eigenvalue weighted by molar-refractivity contribution is -0.149. The summed E-state index contributed by atoms with van der Waals surface area (Å²) in [5.74, 6) is -2.03. The van der Waals surface area contributed by atoms with Gasteiger partial charge in [-0.25, -0.2) is 13.6 Å². The molecule has 0 aliphatic carbocycles. The maximum absolute atomic E-state index is 12.8. The summed E-state index contributed by atoms with van der Waals surface area (Å²) in [5.41, 5.74) is -0.720. The zero-order valence-corrected chi connectivity index (χ0v) is 12.9. The predicted molar refractivity (Wildman–Crippen MR) is 78.1 cm³/mol. The molecular formula is C15H18F2N4O2. The van der Waals surface area contributed by atoms with Crippen molar-refractivity contribution in [1.29, 1.82) is 0 Å². The molecule has 8 heteroatoms. The third kappa shape index (κ3) is 3.88. The first kappa shape index (κ1) is 17.0. The van der Waals surface area contributed by atoms with E-state index >= 15 is 0 Å². The van der Waals surface area contributed by atoms with Crippen molar-refractivity contribution in [2.45, 2.75) is 38.7 Å². The minimum absolute atomic E-state index is 0.291. The Morgan fingerprint density at radius 3 is 2.57 bits per heavy atom. The van der Waals surface area contributed by atoms with Crippen LogP contribution in [0.1, 0.15) is 31.7 Å². The monoisotopic (exact) mass is 324 g/mol. The minimum atomic E-state index is -2.61. The van der Waals surface area contributed by atoms with Crippen molar-refractivity contribution < 1.29 is 18.7 Å². The molecule has 0 aliphatic rings. The topological polar surface area (TPSA) is 80.9 Å². The number of carboxylic acids is 1. The molecule has 2 rings (SSSR count). The number of halogens is 2. The van der Waals surface area contributed by atoms with Gasteiger partial charge >= 0.3 is 5.97 Å². The van der Waals surface area contributed by atoms with Gasteiger partial charge < -0.3 is 5.11 Å². The number of rotatable bonds is 7. The van der Waals surface area contributed by atoms with Crippen LogP contribution in [-0.4, -0.2) is 37.7 Å². The lowest BCUT2D eigenvalue weighted by Crippen LogP contribution is -2.43. The molecule has 0 radical (unpaired) electrons. The Bertz CT molecular complexity index is 663. The number of carboxylic acid groups (broad SMARTS) is 1. The normalized spacial score (nSPS) is 15.3. The van der Waals surface area contributed by atoms with Crippen molar-refractivity contribution >= 4 is 5.97 Å². The molecule has 1 aromatic heterocycles. The third-order valence-corrected chi connectivity index (χ3v) is 3.71. The smallest absolute Gasteiger partial charge is 0.333 e. The molecule has 1 heterocycles. The zero-order chi connectivity index (χ0) is 17.0. The average molecular weight is 324 g/mol. The van der Waals surface area contributed by atoms with E-state index in [4.69, 9.17) is 0 Å². The van der Waals surface area contributed by atoms with Crippen molar-refractivity contribution in [2.24, 2.45) is 5.92 Å². The summed E-state index contributed by atoms with van der Waals surface area (Å²) in [5, 5.41) is 21.1. The largest absolute Gasteiger partial charge is 0.479 e. The second-order valence-corrected chi connectivity index (χ2v) is 5.75. The van der Waals surface area contributed by atoms with Crippen molar-refractivity contribution in [3.63, 3.8) is 0 Å². The number of benzene rings is 1. The molecule has 6 nitrogen and oxygen atoms in total. The van der Waals surface area contributed by atoms with Crippen molar-refractivity contribution in [3.8, 4) is 0 Å². The number of alkyl halides is 2. The average Bonchev–Trinajstić information content (AvgIpc) is 2.96. The first-order valence-electron chi connectivity index (χ1n) is 7.18. The summed E-state index contributed by atoms with van der Waals surface area (Å²) in [6.07, 6.45) is -2.51. The van der Waals surface area contributed by atoms with E-state index in [1.54, 1.807) is 0 Å². The number of aromatic nitrogens is 4. The van der Waals surface area contributed by atoms with Gasteiger partial charge in [0.15, 0.2) is 11.4 Å². The van der Waals surface area contributed by atoms with Crippen LogP contribution in [0.4, 0.5) is 8.78 Å². The molecule has 0 amide bonds. The first-order valence-corrected chi connectivity index (χ1v) is 7.18. The number of carbonyl (C=O) groups is 1. The van der Waals surface area contributed by atoms with Gasteiger partial charge in [-0.1, -0.05) is 37.3 Å². The second-order valence-electron chi connectivity index (χ2n) is 5.75. The van der Waals surface area contributed by atoms with Crippen molar-refractivity contribution in [3.05, 3.63) is 41.7 Å². The molecule has 0 saturated carbocycles. The Morgan fingerprint density at radius 2 is 2.00 bits per heavy atom. The van der Waals surface area contributed by atoms with Gasteiger partial charge in [0, 0.05) is 12.3 Å². The Morgan fingerprint density at radius 1 is 1.35 bits per heavy atom. The Labute approximate surface area is 132 Å². The summed E-state index contributed by atoms with van der Waals surface area (Å²) in [6, 6.07) is 9.38. The Kier molecular flexibility index (Phi) is 5.02. The van der Waals surface area contributed by atoms with Crippen LogP contribution in [0.3, 0.4) is 0 Å². The number of tetrazole rings is 1. The molecule has 1 aromatic carbocycles. The van der Waals surface area contributed by atoms with Crippen LogP contribution < -0.4 is 0 Å². The fraction of sp³-hybridized carbons (Fsp3) is 0.467. The molecule has 0 fully saturated rings. The van der Waals surface area contributed by atoms with Crippen LogP contribution in [0.5, 0.6) is 0 Å². The van der Waals surface area contributed by atoms with Gasteiger partial charge in [0.2, 0.25) is 6.43 Å². The van der Waals surface area contributed by atoms with E-state index in [9.17, 15) is 18.7 Å². The summed E-state index contributed by atoms with van der Waals surface area (Å²) in [6.45, 7) is 2.62. The summed E-state index contributed by atoms with van der Waals surface area (Å²) < 4.78 is 25.5. The van der Waals surface area contributed by atoms with Gasteiger partial charge in [0.1, 0.15) is 0 Å². The number of hydrogen-bond acceptors (Lipinski definition) is 4. The first-order chi connectivity index (χ1) is 10.8. The fourth-order valence-corrected chi connectivity index (χ4v) is 2.27. The fourth-order valence-electron chi connectivity index (χ4n) is 2.27. The zero-order valence-electron chi connectivity index (χ0n) is 12.9. The summed E-state index contributed by atoms with van der Waals surface area (Å²) >= 11 is 0. The lowest BCUT2D eigenvalue weighted by atomic mass is 9.90. The van der Waals surface area contributed by atoms with Gasteiger partial charge in [-0.2, -0.15) is 0 Å². The van der Waals surface area contributed by atoms with E-state index in [0.29, 0.717) is 12.2 Å². The quantitative estimate of drug-likeness (QED) is 0.845. The molecule has 0 bridgehead atoms. The number of nitrogens with zero attached hydrogens (tertiary/aromatic N) is 4. The summed E-state index contributed by atoms with van der Waals surface area (Å²) in [4.78, 5) is 12.5. The maximum atomic E-state index is 12.8. The molecule has 0 spiro atoms. The van der Waals surface area contributed by atoms with E-state index in [-0.39, 0.29) is 6.42 Å². The molecule has 0 aliphatic heterocycles. The van der Waals surface area contributed by atoms with E-state index in [0.717, 1.165) is 10.4 Å². The minimum Gasteiger partial charge on any atom is -0.479 e. The van der Waals surface area contributed by atoms with Gasteiger partial charge in [-0.05, 0) is 24.1 Å². The number of aliphatic carboxylic acids is 1. The second kappa shape index (κ2) is 6.80. The molecule has 2 atom stereocenters. The van der Waals surface area contributed by atoms with Crippen LogP contribution >= 0.6 is 0 Å². The third-order valence-electron chi connectivity index (χ3n) is 3.71. The number of hydrogen-bond donors (Lipinski definition) is 1. The predicted octanol–water partition coefficient (Wildman–Crippen LogP) is 2.36. The van der Waals surface area contributed by atoms with Crippen LogP contribution in [0.15, 0.2) is 30.3 Å². The molecule has 0 saturated heterocycles. The Hall–Kier alpha value is -2.38. The highest BCUT2D eigenvalue weighted by Gasteiger charge is 2.41. The van der Waals surface area contributed by atoms with Crippen LogP contribution in [0.25, 0.3) is 0 Å². The maximum Gasteiger partial charge on any atom is 0.333 e. The van der Waals surface area contributed by atoms with Crippen molar-refractivity contribution in [2.75, 3.05) is 0 Å². The Balaban J connectivity index is 2.22. The van der Waals surface area contributed by atoms with Gasteiger partial charge in [-0.15, -0.1) is 15.0 Å². The SMILES string of the molecule is CC(CC(C)(C(=O)O)n1nnc(Cc2ccccc2)n1)C(F)F. The van der Waals surface area contributed by atoms with Gasteiger partial charge in [-0.3, -0.25) is 0 Å². The molecule has 124 valence electrons. The highest BCUT2D eigenvalue weighted by molar-refractivity contribution is 5.75. The molecular weight excluding hydrogens is 306 g/mol. The van der Waals surface area contributed by atoms with Crippen LogP contribution in [-0.2, 0) is 16.8 Å². The van der Waals surface area contributed by atoms with Gasteiger partial charge in [0.25, 0.3) is 0 Å². The standard InChI is InChI=1S/C15H18F2N4O2/c1-10(13(16)17)9-15(2,14(22)23)21-19-12(18-20-21)8-11-6-4-3-5-7-11/h3-7,10,13H,8-9H2,1-2H3,(H,22,23). The van der Waals surface area contributed by atoms with Crippen molar-refractivity contribution in [1.82, 2.24) is 20.2 Å². The van der Waals surface area contributed by atoms with E-state index in [1.807, 2.05) is 30.3 Å². The van der Waals surface area contributed by atoms with E-state index < -0.39 is 23.9 Å². The highest BCUT2D eigenvalue weighted by Crippen LogP contribution is 2.27. The van der Waals surface area contributed by atoms with E-state index in [1.165, 1.54) is 13.8 Å². The molecule has 1 N–H and O–H groups in total. The van der Waals surface area contributed by atoms with Crippen LogP contribution in [0, 0.1) is 5.92 Å². The lowest BCUT2D eigenvalue weighted by Gasteiger charge is -2.26. The molecule has 23 heavy (non-hydrogen) atoms. The molecule has 2 unspecified atom stereocenters. The van der Waals surface area contributed by atoms with Gasteiger partial charge in [0.05, 0.1) is 0 Å². The highest BCUT2D eigenvalue weighted by atomic mass is 19.3. The van der Waals surface area contributed by atoms with Crippen LogP contribution in [0.2, 0.25) is 0 Å².